The van der Waals surface area contributed by atoms with Crippen molar-refractivity contribution >= 4 is 23.1 Å². The topological polar surface area (TPSA) is 36.7 Å². The fraction of sp³-hybridized carbons (Fsp3) is 0.364. The summed E-state index contributed by atoms with van der Waals surface area (Å²) in [6, 6.07) is 9.98. The van der Waals surface area contributed by atoms with Gasteiger partial charge in [-0.2, -0.15) is 9.61 Å². The molecule has 146 valence electrons. The third-order valence-corrected chi connectivity index (χ3v) is 5.45. The van der Waals surface area contributed by atoms with Gasteiger partial charge in [0, 0.05) is 60.6 Å². The summed E-state index contributed by atoms with van der Waals surface area (Å²) in [5.74, 6) is 1.11. The fourth-order valence-corrected chi connectivity index (χ4v) is 4.07. The Balaban J connectivity index is 1.72. The van der Waals surface area contributed by atoms with Crippen molar-refractivity contribution in [3.63, 3.8) is 0 Å². The van der Waals surface area contributed by atoms with Crippen LogP contribution in [0.2, 0.25) is 5.02 Å². The van der Waals surface area contributed by atoms with Gasteiger partial charge in [-0.3, -0.25) is 4.90 Å². The molecule has 1 aliphatic heterocycles. The van der Waals surface area contributed by atoms with Crippen molar-refractivity contribution in [2.45, 2.75) is 20.8 Å². The number of piperazine rings is 1. The van der Waals surface area contributed by atoms with Crippen LogP contribution in [0.15, 0.2) is 42.5 Å². The van der Waals surface area contributed by atoms with E-state index in [0.717, 1.165) is 66.7 Å². The predicted molar refractivity (Wildman–Crippen MR) is 116 cm³/mol. The summed E-state index contributed by atoms with van der Waals surface area (Å²) in [5.41, 5.74) is 6.16. The van der Waals surface area contributed by atoms with Crippen LogP contribution in [-0.2, 0) is 0 Å². The maximum Gasteiger partial charge on any atom is 0.161 e. The molecule has 0 radical (unpaired) electrons. The fourth-order valence-electron chi connectivity index (χ4n) is 3.88. The number of halogens is 1. The highest BCUT2D eigenvalue weighted by molar-refractivity contribution is 6.30. The molecule has 3 aromatic rings. The van der Waals surface area contributed by atoms with E-state index in [1.54, 1.807) is 0 Å². The van der Waals surface area contributed by atoms with Gasteiger partial charge in [-0.05, 0) is 32.9 Å². The van der Waals surface area contributed by atoms with Crippen LogP contribution >= 0.6 is 11.6 Å². The van der Waals surface area contributed by atoms with Gasteiger partial charge in [0.15, 0.2) is 5.65 Å². The number of rotatable bonds is 4. The SMILES string of the molecule is C=C(C)CN1CCN(c2cc(C)nc3c(C)c(-c4cccc(Cl)c4)nn23)CC1. The summed E-state index contributed by atoms with van der Waals surface area (Å²) < 4.78 is 1.99. The van der Waals surface area contributed by atoms with Crippen LogP contribution in [-0.4, -0.2) is 52.2 Å². The number of nitrogens with zero attached hydrogens (tertiary/aromatic N) is 5. The van der Waals surface area contributed by atoms with E-state index in [1.807, 2.05) is 35.7 Å². The lowest BCUT2D eigenvalue weighted by Crippen LogP contribution is -2.47. The van der Waals surface area contributed by atoms with Crippen molar-refractivity contribution in [2.24, 2.45) is 0 Å². The van der Waals surface area contributed by atoms with Gasteiger partial charge in [0.25, 0.3) is 0 Å². The smallest absolute Gasteiger partial charge is 0.161 e. The average Bonchev–Trinajstić information content (AvgIpc) is 2.98. The van der Waals surface area contributed by atoms with Crippen LogP contribution in [0.4, 0.5) is 5.82 Å². The van der Waals surface area contributed by atoms with Gasteiger partial charge in [0.05, 0.1) is 5.69 Å². The number of hydrogen-bond acceptors (Lipinski definition) is 4. The van der Waals surface area contributed by atoms with Gasteiger partial charge in [-0.15, -0.1) is 0 Å². The molecule has 1 saturated heterocycles. The Hall–Kier alpha value is -2.37. The second-order valence-corrected chi connectivity index (χ2v) is 8.13. The highest BCUT2D eigenvalue weighted by atomic mass is 35.5. The van der Waals surface area contributed by atoms with E-state index in [0.29, 0.717) is 5.02 Å². The van der Waals surface area contributed by atoms with E-state index in [-0.39, 0.29) is 0 Å². The molecule has 4 rings (SSSR count). The number of aromatic nitrogens is 3. The minimum Gasteiger partial charge on any atom is -0.354 e. The van der Waals surface area contributed by atoms with Crippen LogP contribution in [0.1, 0.15) is 18.2 Å². The first-order valence-corrected chi connectivity index (χ1v) is 10.0. The number of aryl methyl sites for hydroxylation is 2. The minimum atomic E-state index is 0.715. The lowest BCUT2D eigenvalue weighted by Gasteiger charge is -2.36. The number of hydrogen-bond donors (Lipinski definition) is 0. The zero-order valence-electron chi connectivity index (χ0n) is 16.7. The van der Waals surface area contributed by atoms with E-state index < -0.39 is 0 Å². The zero-order valence-corrected chi connectivity index (χ0v) is 17.5. The van der Waals surface area contributed by atoms with Crippen molar-refractivity contribution in [1.82, 2.24) is 19.5 Å². The van der Waals surface area contributed by atoms with Crippen LogP contribution in [0, 0.1) is 13.8 Å². The van der Waals surface area contributed by atoms with Crippen molar-refractivity contribution < 1.29 is 0 Å². The summed E-state index contributed by atoms with van der Waals surface area (Å²) in [4.78, 5) is 9.63. The second-order valence-electron chi connectivity index (χ2n) is 7.70. The maximum atomic E-state index is 6.20. The molecule has 0 unspecified atom stereocenters. The highest BCUT2D eigenvalue weighted by Gasteiger charge is 2.22. The van der Waals surface area contributed by atoms with E-state index in [1.165, 1.54) is 5.57 Å². The van der Waals surface area contributed by atoms with E-state index in [9.17, 15) is 0 Å². The molecule has 0 spiro atoms. The van der Waals surface area contributed by atoms with Gasteiger partial charge >= 0.3 is 0 Å². The number of anilines is 1. The van der Waals surface area contributed by atoms with Crippen molar-refractivity contribution in [3.05, 3.63) is 58.8 Å². The predicted octanol–water partition coefficient (Wildman–Crippen LogP) is 4.36. The lowest BCUT2D eigenvalue weighted by atomic mass is 10.1. The van der Waals surface area contributed by atoms with Crippen LogP contribution in [0.5, 0.6) is 0 Å². The summed E-state index contributed by atoms with van der Waals surface area (Å²) in [6.07, 6.45) is 0. The van der Waals surface area contributed by atoms with E-state index in [2.05, 4.69) is 36.3 Å². The molecule has 0 N–H and O–H groups in total. The zero-order chi connectivity index (χ0) is 19.8. The maximum absolute atomic E-state index is 6.20. The molecule has 3 heterocycles. The van der Waals surface area contributed by atoms with Gasteiger partial charge in [0.2, 0.25) is 0 Å². The molecule has 2 aromatic heterocycles. The van der Waals surface area contributed by atoms with Crippen LogP contribution in [0.25, 0.3) is 16.9 Å². The van der Waals surface area contributed by atoms with E-state index in [4.69, 9.17) is 21.7 Å². The molecule has 5 nitrogen and oxygen atoms in total. The third kappa shape index (κ3) is 3.64. The van der Waals surface area contributed by atoms with Crippen LogP contribution < -0.4 is 4.90 Å². The van der Waals surface area contributed by atoms with E-state index >= 15 is 0 Å². The van der Waals surface area contributed by atoms with Gasteiger partial charge < -0.3 is 4.90 Å². The quantitative estimate of drug-likeness (QED) is 0.615. The van der Waals surface area contributed by atoms with Gasteiger partial charge in [-0.1, -0.05) is 35.9 Å². The molecule has 28 heavy (non-hydrogen) atoms. The second kappa shape index (κ2) is 7.57. The largest absolute Gasteiger partial charge is 0.354 e. The summed E-state index contributed by atoms with van der Waals surface area (Å²) in [7, 11) is 0. The molecule has 1 fully saturated rings. The molecular weight excluding hydrogens is 370 g/mol. The Bertz CT molecular complexity index is 1030. The molecule has 0 amide bonds. The first-order chi connectivity index (χ1) is 13.4. The Kier molecular flexibility index (Phi) is 5.13. The molecule has 0 saturated carbocycles. The number of benzene rings is 1. The molecular formula is C22H26ClN5. The molecule has 0 bridgehead atoms. The Labute approximate surface area is 171 Å². The summed E-state index contributed by atoms with van der Waals surface area (Å²) in [6.45, 7) is 15.2. The number of fused-ring (bicyclic) bond motifs is 1. The van der Waals surface area contributed by atoms with Gasteiger partial charge in [-0.25, -0.2) is 4.98 Å². The normalized spacial score (nSPS) is 15.4. The minimum absolute atomic E-state index is 0.715. The van der Waals surface area contributed by atoms with Crippen molar-refractivity contribution in [3.8, 4) is 11.3 Å². The first-order valence-electron chi connectivity index (χ1n) is 9.67. The molecule has 1 aromatic carbocycles. The molecule has 0 aliphatic carbocycles. The lowest BCUT2D eigenvalue weighted by molar-refractivity contribution is 0.277. The summed E-state index contributed by atoms with van der Waals surface area (Å²) in [5, 5.41) is 5.65. The summed E-state index contributed by atoms with van der Waals surface area (Å²) >= 11 is 6.20. The van der Waals surface area contributed by atoms with Crippen molar-refractivity contribution in [2.75, 3.05) is 37.6 Å². The monoisotopic (exact) mass is 395 g/mol. The Morgan fingerprint density at radius 1 is 1.14 bits per heavy atom. The van der Waals surface area contributed by atoms with Gasteiger partial charge in [0.1, 0.15) is 5.82 Å². The van der Waals surface area contributed by atoms with Crippen molar-refractivity contribution in [1.29, 1.82) is 0 Å². The van der Waals surface area contributed by atoms with Crippen LogP contribution in [0.3, 0.4) is 0 Å². The highest BCUT2D eigenvalue weighted by Crippen LogP contribution is 2.29. The first kappa shape index (κ1) is 19.0. The molecule has 1 aliphatic rings. The standard InChI is InChI=1S/C22H26ClN5/c1-15(2)14-26-8-10-27(11-9-26)20-12-16(3)24-22-17(4)21(25-28(20)22)18-6-5-7-19(23)13-18/h5-7,12-13H,1,8-11,14H2,2-4H3. The Morgan fingerprint density at radius 2 is 1.89 bits per heavy atom. The molecule has 6 heteroatoms. The Morgan fingerprint density at radius 3 is 2.57 bits per heavy atom. The average molecular weight is 396 g/mol. The molecule has 0 atom stereocenters. The third-order valence-electron chi connectivity index (χ3n) is 5.22.